The van der Waals surface area contributed by atoms with Crippen LogP contribution in [0.5, 0.6) is 0 Å². The van der Waals surface area contributed by atoms with Gasteiger partial charge in [0.15, 0.2) is 0 Å². The maximum Gasteiger partial charge on any atom is 0.245 e. The molecule has 2 aromatic carbocycles. The van der Waals surface area contributed by atoms with E-state index in [4.69, 9.17) is 33.7 Å². The van der Waals surface area contributed by atoms with Crippen molar-refractivity contribution in [3.8, 4) is 0 Å². The first kappa shape index (κ1) is 24.0. The van der Waals surface area contributed by atoms with Gasteiger partial charge in [0, 0.05) is 48.3 Å². The molecule has 182 valence electrons. The Balaban J connectivity index is 1.67. The number of carbonyl (C=O) groups excluding carboxylic acids is 1. The molecule has 2 fully saturated rings. The van der Waals surface area contributed by atoms with Gasteiger partial charge in [0.25, 0.3) is 0 Å². The third kappa shape index (κ3) is 3.83. The number of halogens is 3. The van der Waals surface area contributed by atoms with E-state index in [0.717, 1.165) is 25.0 Å². The van der Waals surface area contributed by atoms with Gasteiger partial charge in [0.1, 0.15) is 11.4 Å². The van der Waals surface area contributed by atoms with Crippen molar-refractivity contribution in [2.75, 3.05) is 31.7 Å². The predicted molar refractivity (Wildman–Crippen MR) is 130 cm³/mol. The van der Waals surface area contributed by atoms with Crippen LogP contribution in [0.2, 0.25) is 10.0 Å². The highest BCUT2D eigenvalue weighted by Gasteiger charge is 2.63. The highest BCUT2D eigenvalue weighted by atomic mass is 35.5. The first-order valence-electron chi connectivity index (χ1n) is 11.6. The molecule has 9 heteroatoms. The lowest BCUT2D eigenvalue weighted by Gasteiger charge is -2.46. The Morgan fingerprint density at radius 2 is 2.12 bits per heavy atom. The van der Waals surface area contributed by atoms with Crippen LogP contribution >= 0.6 is 23.2 Å². The number of hydrogen-bond donors (Lipinski definition) is 3. The number of aliphatic hydroxyl groups is 1. The molecular formula is C25H28Cl2FN3O3. The molecule has 6 nitrogen and oxygen atoms in total. The Hall–Kier alpha value is -1.74. The summed E-state index contributed by atoms with van der Waals surface area (Å²) in [5.41, 5.74) is 7.34. The summed E-state index contributed by atoms with van der Waals surface area (Å²) < 4.78 is 21.1. The van der Waals surface area contributed by atoms with Gasteiger partial charge in [0.2, 0.25) is 5.91 Å². The van der Waals surface area contributed by atoms with Crippen molar-refractivity contribution in [1.82, 2.24) is 4.90 Å². The van der Waals surface area contributed by atoms with Crippen molar-refractivity contribution in [3.63, 3.8) is 0 Å². The van der Waals surface area contributed by atoms with Gasteiger partial charge >= 0.3 is 0 Å². The molecule has 3 aliphatic heterocycles. The smallest absolute Gasteiger partial charge is 0.245 e. The third-order valence-electron chi connectivity index (χ3n) is 7.64. The maximum atomic E-state index is 15.4. The van der Waals surface area contributed by atoms with Crippen LogP contribution in [0, 0.1) is 11.7 Å². The second-order valence-corrected chi connectivity index (χ2v) is 10.4. The molecule has 1 spiro atoms. The van der Waals surface area contributed by atoms with Crippen LogP contribution in [0.15, 0.2) is 36.4 Å². The second-order valence-electron chi connectivity index (χ2n) is 9.54. The molecule has 1 unspecified atom stereocenters. The number of nitrogens with one attached hydrogen (secondary N) is 1. The van der Waals surface area contributed by atoms with Gasteiger partial charge in [-0.3, -0.25) is 9.69 Å². The largest absolute Gasteiger partial charge is 0.395 e. The molecule has 4 N–H and O–H groups in total. The van der Waals surface area contributed by atoms with Gasteiger partial charge in [-0.15, -0.1) is 0 Å². The zero-order valence-electron chi connectivity index (χ0n) is 18.6. The SMILES string of the molecule is N[C@@H]1[C@H](CO)N(CC2CCCOC2)[C@]2(Cc3ccc(Cl)cc3NC2=O)[C@H]1c1cccc(Cl)c1F. The normalized spacial score (nSPS) is 31.5. The monoisotopic (exact) mass is 507 g/mol. The summed E-state index contributed by atoms with van der Waals surface area (Å²) in [6.07, 6.45) is 2.19. The molecule has 0 aliphatic carbocycles. The minimum Gasteiger partial charge on any atom is -0.395 e. The fourth-order valence-electron chi connectivity index (χ4n) is 6.10. The number of hydrogen-bond acceptors (Lipinski definition) is 5. The summed E-state index contributed by atoms with van der Waals surface area (Å²) in [5, 5.41) is 13.9. The molecule has 1 amide bonds. The molecule has 0 bridgehead atoms. The van der Waals surface area contributed by atoms with E-state index >= 15 is 4.39 Å². The van der Waals surface area contributed by atoms with E-state index in [1.807, 2.05) is 11.0 Å². The van der Waals surface area contributed by atoms with E-state index in [1.165, 1.54) is 6.07 Å². The average Bonchev–Trinajstić information content (AvgIpc) is 3.05. The molecule has 0 radical (unpaired) electrons. The van der Waals surface area contributed by atoms with Gasteiger partial charge in [-0.2, -0.15) is 0 Å². The Kier molecular flexibility index (Phi) is 6.61. The van der Waals surface area contributed by atoms with Crippen molar-refractivity contribution in [2.24, 2.45) is 11.7 Å². The number of nitrogens with zero attached hydrogens (tertiary/aromatic N) is 1. The van der Waals surface area contributed by atoms with Gasteiger partial charge < -0.3 is 20.9 Å². The lowest BCUT2D eigenvalue weighted by Crippen LogP contribution is -2.62. The van der Waals surface area contributed by atoms with Crippen LogP contribution in [-0.2, 0) is 16.0 Å². The molecule has 3 heterocycles. The van der Waals surface area contributed by atoms with Crippen LogP contribution < -0.4 is 11.1 Å². The minimum absolute atomic E-state index is 0.0251. The lowest BCUT2D eigenvalue weighted by molar-refractivity contribution is -0.130. The summed E-state index contributed by atoms with van der Waals surface area (Å²) in [6.45, 7) is 1.55. The van der Waals surface area contributed by atoms with E-state index < -0.39 is 29.4 Å². The quantitative estimate of drug-likeness (QED) is 0.588. The Bertz CT molecular complexity index is 1100. The van der Waals surface area contributed by atoms with Crippen molar-refractivity contribution in [2.45, 2.75) is 42.8 Å². The van der Waals surface area contributed by atoms with Crippen LogP contribution in [0.1, 0.15) is 29.9 Å². The summed E-state index contributed by atoms with van der Waals surface area (Å²) in [5.74, 6) is -1.42. The molecular weight excluding hydrogens is 480 g/mol. The van der Waals surface area contributed by atoms with E-state index in [0.29, 0.717) is 30.3 Å². The number of nitrogens with two attached hydrogens (primary N) is 1. The zero-order chi connectivity index (χ0) is 24.0. The number of aliphatic hydroxyl groups excluding tert-OH is 1. The van der Waals surface area contributed by atoms with Crippen molar-refractivity contribution >= 4 is 34.8 Å². The highest BCUT2D eigenvalue weighted by molar-refractivity contribution is 6.31. The van der Waals surface area contributed by atoms with E-state index in [2.05, 4.69) is 5.32 Å². The first-order chi connectivity index (χ1) is 16.4. The van der Waals surface area contributed by atoms with Crippen LogP contribution in [0.3, 0.4) is 0 Å². The van der Waals surface area contributed by atoms with Crippen molar-refractivity contribution in [1.29, 1.82) is 0 Å². The average molecular weight is 508 g/mol. The molecule has 0 saturated carbocycles. The fourth-order valence-corrected chi connectivity index (χ4v) is 6.45. The van der Waals surface area contributed by atoms with Crippen LogP contribution in [0.25, 0.3) is 0 Å². The van der Waals surface area contributed by atoms with Crippen molar-refractivity contribution in [3.05, 3.63) is 63.4 Å². The molecule has 2 saturated heterocycles. The van der Waals surface area contributed by atoms with Gasteiger partial charge in [-0.25, -0.2) is 4.39 Å². The number of carbonyl (C=O) groups is 1. The number of anilines is 1. The van der Waals surface area contributed by atoms with Gasteiger partial charge in [-0.05, 0) is 48.1 Å². The molecule has 34 heavy (non-hydrogen) atoms. The minimum atomic E-state index is -1.21. The zero-order valence-corrected chi connectivity index (χ0v) is 20.2. The lowest BCUT2D eigenvalue weighted by atomic mass is 9.71. The summed E-state index contributed by atoms with van der Waals surface area (Å²) in [7, 11) is 0. The topological polar surface area (TPSA) is 87.8 Å². The Morgan fingerprint density at radius 3 is 2.85 bits per heavy atom. The van der Waals surface area contributed by atoms with Crippen LogP contribution in [0.4, 0.5) is 10.1 Å². The Morgan fingerprint density at radius 1 is 1.29 bits per heavy atom. The second kappa shape index (κ2) is 9.37. The number of amides is 1. The summed E-state index contributed by atoms with van der Waals surface area (Å²) in [4.78, 5) is 16.0. The number of fused-ring (bicyclic) bond motifs is 1. The number of ether oxygens (including phenoxy) is 1. The van der Waals surface area contributed by atoms with Crippen LogP contribution in [-0.4, -0.2) is 59.9 Å². The van der Waals surface area contributed by atoms with Crippen molar-refractivity contribution < 1.29 is 19.0 Å². The van der Waals surface area contributed by atoms with E-state index in [9.17, 15) is 9.90 Å². The molecule has 0 aromatic heterocycles. The fraction of sp³-hybridized carbons (Fsp3) is 0.480. The molecule has 5 atom stereocenters. The highest BCUT2D eigenvalue weighted by Crippen LogP contribution is 2.51. The van der Waals surface area contributed by atoms with Gasteiger partial charge in [0.05, 0.1) is 18.2 Å². The van der Waals surface area contributed by atoms with E-state index in [-0.39, 0.29) is 29.0 Å². The maximum absolute atomic E-state index is 15.4. The first-order valence-corrected chi connectivity index (χ1v) is 12.4. The Labute approximate surface area is 208 Å². The number of rotatable bonds is 4. The molecule has 3 aliphatic rings. The molecule has 5 rings (SSSR count). The summed E-state index contributed by atoms with van der Waals surface area (Å²) >= 11 is 12.3. The summed E-state index contributed by atoms with van der Waals surface area (Å²) in [6, 6.07) is 8.93. The third-order valence-corrected chi connectivity index (χ3v) is 8.17. The standard InChI is InChI=1S/C25H28Cl2FN3O3/c26-16-7-6-15-10-25(24(33)30-19(15)9-16)21(17-4-1-5-18(27)22(17)28)23(29)20(12-32)31(25)11-14-3-2-8-34-13-14/h1,4-7,9,14,20-21,23,32H,2-3,8,10-13,29H2,(H,30,33)/t14?,20-,21-,23+,25+/m0/s1. The number of likely N-dealkylation sites (tertiary alicyclic amines) is 1. The van der Waals surface area contributed by atoms with E-state index in [1.54, 1.807) is 24.3 Å². The number of benzene rings is 2. The van der Waals surface area contributed by atoms with Gasteiger partial charge in [-0.1, -0.05) is 41.4 Å². The predicted octanol–water partition coefficient (Wildman–Crippen LogP) is 3.58. The molecule has 2 aromatic rings.